The van der Waals surface area contributed by atoms with Crippen molar-refractivity contribution in [1.82, 2.24) is 0 Å². The average Bonchev–Trinajstić information content (AvgIpc) is 2.29. The molecule has 0 bridgehead atoms. The van der Waals surface area contributed by atoms with Crippen LogP contribution in [0.2, 0.25) is 0 Å². The highest BCUT2D eigenvalue weighted by Crippen LogP contribution is 2.22. The number of anilines is 1. The third-order valence-corrected chi connectivity index (χ3v) is 3.68. The first kappa shape index (κ1) is 12.4. The molecule has 0 aliphatic carbocycles. The molecule has 0 saturated carbocycles. The minimum Gasteiger partial charge on any atom is -0.369 e. The van der Waals surface area contributed by atoms with E-state index in [-0.39, 0.29) is 0 Å². The van der Waals surface area contributed by atoms with Crippen LogP contribution in [0.5, 0.6) is 0 Å². The summed E-state index contributed by atoms with van der Waals surface area (Å²) in [5.74, 6) is 0. The van der Waals surface area contributed by atoms with Crippen LogP contribution in [-0.2, 0) is 6.54 Å². The SMILES string of the molecule is Cc1cccc(CN(C)c2ccccc2I)c1. The van der Waals surface area contributed by atoms with E-state index in [1.54, 1.807) is 0 Å². The zero-order chi connectivity index (χ0) is 12.3. The van der Waals surface area contributed by atoms with Crippen LogP contribution >= 0.6 is 22.6 Å². The zero-order valence-electron chi connectivity index (χ0n) is 10.2. The molecular formula is C15H16IN. The van der Waals surface area contributed by atoms with E-state index < -0.39 is 0 Å². The van der Waals surface area contributed by atoms with Crippen molar-refractivity contribution in [2.24, 2.45) is 0 Å². The number of hydrogen-bond donors (Lipinski definition) is 0. The maximum Gasteiger partial charge on any atom is 0.0502 e. The van der Waals surface area contributed by atoms with Crippen molar-refractivity contribution < 1.29 is 0 Å². The molecule has 17 heavy (non-hydrogen) atoms. The molecule has 88 valence electrons. The lowest BCUT2D eigenvalue weighted by Crippen LogP contribution is -2.17. The summed E-state index contributed by atoms with van der Waals surface area (Å²) >= 11 is 2.38. The van der Waals surface area contributed by atoms with Gasteiger partial charge in [0.15, 0.2) is 0 Å². The molecule has 0 spiro atoms. The Morgan fingerprint density at radius 3 is 2.53 bits per heavy atom. The minimum absolute atomic E-state index is 0.946. The van der Waals surface area contributed by atoms with Gasteiger partial charge in [0.25, 0.3) is 0 Å². The fraction of sp³-hybridized carbons (Fsp3) is 0.200. The first-order valence-corrected chi connectivity index (χ1v) is 6.76. The summed E-state index contributed by atoms with van der Waals surface area (Å²) in [6.07, 6.45) is 0. The molecule has 1 nitrogen and oxygen atoms in total. The second kappa shape index (κ2) is 5.54. The fourth-order valence-corrected chi connectivity index (χ4v) is 2.73. The molecule has 0 fully saturated rings. The highest BCUT2D eigenvalue weighted by Gasteiger charge is 2.05. The molecule has 0 N–H and O–H groups in total. The van der Waals surface area contributed by atoms with Gasteiger partial charge >= 0.3 is 0 Å². The van der Waals surface area contributed by atoms with Gasteiger partial charge in [0.05, 0.1) is 5.69 Å². The van der Waals surface area contributed by atoms with Gasteiger partial charge in [0.1, 0.15) is 0 Å². The molecule has 0 atom stereocenters. The second-order valence-corrected chi connectivity index (χ2v) is 5.46. The fourth-order valence-electron chi connectivity index (χ4n) is 1.93. The maximum atomic E-state index is 2.38. The Morgan fingerprint density at radius 2 is 1.82 bits per heavy atom. The Hall–Kier alpha value is -1.03. The molecule has 0 radical (unpaired) electrons. The summed E-state index contributed by atoms with van der Waals surface area (Å²) in [5, 5.41) is 0. The second-order valence-electron chi connectivity index (χ2n) is 4.30. The summed E-state index contributed by atoms with van der Waals surface area (Å²) in [6, 6.07) is 17.1. The smallest absolute Gasteiger partial charge is 0.0502 e. The van der Waals surface area contributed by atoms with Gasteiger partial charge in [-0.2, -0.15) is 0 Å². The molecule has 2 aromatic rings. The van der Waals surface area contributed by atoms with Crippen LogP contribution in [0.3, 0.4) is 0 Å². The van der Waals surface area contributed by atoms with Crippen LogP contribution < -0.4 is 4.90 Å². The quantitative estimate of drug-likeness (QED) is 0.758. The van der Waals surface area contributed by atoms with E-state index in [4.69, 9.17) is 0 Å². The monoisotopic (exact) mass is 337 g/mol. The first-order chi connectivity index (χ1) is 8.16. The van der Waals surface area contributed by atoms with Crippen molar-refractivity contribution >= 4 is 28.3 Å². The van der Waals surface area contributed by atoms with Crippen molar-refractivity contribution in [3.05, 3.63) is 63.2 Å². The van der Waals surface area contributed by atoms with E-state index in [0.29, 0.717) is 0 Å². The van der Waals surface area contributed by atoms with Crippen LogP contribution in [-0.4, -0.2) is 7.05 Å². The number of halogens is 1. The van der Waals surface area contributed by atoms with Crippen LogP contribution in [0, 0.1) is 10.5 Å². The Bertz CT molecular complexity index is 508. The van der Waals surface area contributed by atoms with Crippen LogP contribution in [0.1, 0.15) is 11.1 Å². The van der Waals surface area contributed by atoms with Crippen LogP contribution in [0.15, 0.2) is 48.5 Å². The molecule has 0 aromatic heterocycles. The largest absolute Gasteiger partial charge is 0.369 e. The summed E-state index contributed by atoms with van der Waals surface area (Å²) < 4.78 is 1.29. The molecule has 0 unspecified atom stereocenters. The molecule has 0 amide bonds. The van der Waals surface area contributed by atoms with Crippen molar-refractivity contribution in [1.29, 1.82) is 0 Å². The molecule has 0 saturated heterocycles. The molecule has 0 heterocycles. The van der Waals surface area contributed by atoms with E-state index in [1.165, 1.54) is 20.4 Å². The minimum atomic E-state index is 0.946. The van der Waals surface area contributed by atoms with Crippen LogP contribution in [0.25, 0.3) is 0 Å². The molecule has 2 rings (SSSR count). The van der Waals surface area contributed by atoms with Crippen molar-refractivity contribution in [3.8, 4) is 0 Å². The highest BCUT2D eigenvalue weighted by atomic mass is 127. The number of rotatable bonds is 3. The van der Waals surface area contributed by atoms with Gasteiger partial charge < -0.3 is 4.90 Å². The van der Waals surface area contributed by atoms with Crippen molar-refractivity contribution in [2.75, 3.05) is 11.9 Å². The van der Waals surface area contributed by atoms with Gasteiger partial charge in [-0.1, -0.05) is 42.0 Å². The summed E-state index contributed by atoms with van der Waals surface area (Å²) in [6.45, 7) is 3.08. The normalized spacial score (nSPS) is 10.3. The van der Waals surface area contributed by atoms with E-state index in [0.717, 1.165) is 6.54 Å². The average molecular weight is 337 g/mol. The molecular weight excluding hydrogens is 321 g/mol. The van der Waals surface area contributed by atoms with E-state index in [9.17, 15) is 0 Å². The third-order valence-electron chi connectivity index (χ3n) is 2.77. The van der Waals surface area contributed by atoms with Gasteiger partial charge in [0, 0.05) is 17.2 Å². The van der Waals surface area contributed by atoms with Crippen molar-refractivity contribution in [3.63, 3.8) is 0 Å². The predicted octanol–water partition coefficient (Wildman–Crippen LogP) is 4.24. The molecule has 0 aliphatic rings. The lowest BCUT2D eigenvalue weighted by molar-refractivity contribution is 0.918. The Labute approximate surface area is 117 Å². The summed E-state index contributed by atoms with van der Waals surface area (Å²) in [5.41, 5.74) is 3.96. The Morgan fingerprint density at radius 1 is 1.06 bits per heavy atom. The maximum absolute atomic E-state index is 2.38. The van der Waals surface area contributed by atoms with E-state index in [1.807, 2.05) is 0 Å². The number of nitrogens with zero attached hydrogens (tertiary/aromatic N) is 1. The lowest BCUT2D eigenvalue weighted by Gasteiger charge is -2.21. The van der Waals surface area contributed by atoms with Crippen LogP contribution in [0.4, 0.5) is 5.69 Å². The van der Waals surface area contributed by atoms with E-state index in [2.05, 4.69) is 90.0 Å². The Kier molecular flexibility index (Phi) is 4.05. The molecule has 0 aliphatic heterocycles. The summed E-state index contributed by atoms with van der Waals surface area (Å²) in [7, 11) is 2.14. The predicted molar refractivity (Wildman–Crippen MR) is 82.4 cm³/mol. The van der Waals surface area contributed by atoms with Crippen molar-refractivity contribution in [2.45, 2.75) is 13.5 Å². The standard InChI is InChI=1S/C15H16IN/c1-12-6-5-7-13(10-12)11-17(2)15-9-4-3-8-14(15)16/h3-10H,11H2,1-2H3. The Balaban J connectivity index is 2.17. The third kappa shape index (κ3) is 3.22. The lowest BCUT2D eigenvalue weighted by atomic mass is 10.1. The van der Waals surface area contributed by atoms with E-state index >= 15 is 0 Å². The van der Waals surface area contributed by atoms with Gasteiger partial charge in [-0.15, -0.1) is 0 Å². The van der Waals surface area contributed by atoms with Gasteiger partial charge in [-0.05, 0) is 47.2 Å². The first-order valence-electron chi connectivity index (χ1n) is 5.68. The van der Waals surface area contributed by atoms with Gasteiger partial charge in [-0.3, -0.25) is 0 Å². The number of hydrogen-bond acceptors (Lipinski definition) is 1. The number of benzene rings is 2. The zero-order valence-corrected chi connectivity index (χ0v) is 12.3. The van der Waals surface area contributed by atoms with Gasteiger partial charge in [0.2, 0.25) is 0 Å². The highest BCUT2D eigenvalue weighted by molar-refractivity contribution is 14.1. The number of para-hydroxylation sites is 1. The number of aryl methyl sites for hydroxylation is 1. The topological polar surface area (TPSA) is 3.24 Å². The molecule has 2 aromatic carbocycles. The van der Waals surface area contributed by atoms with Gasteiger partial charge in [-0.25, -0.2) is 0 Å². The molecule has 2 heteroatoms. The summed E-state index contributed by atoms with van der Waals surface area (Å²) in [4.78, 5) is 2.29.